The maximum Gasteiger partial charge on any atom is 0.223 e. The molecule has 1 heterocycles. The van der Waals surface area contributed by atoms with E-state index in [1.165, 1.54) is 0 Å². The summed E-state index contributed by atoms with van der Waals surface area (Å²) in [5.74, 6) is 1.28. The third kappa shape index (κ3) is 2.07. The summed E-state index contributed by atoms with van der Waals surface area (Å²) in [6.07, 6.45) is 2.52. The van der Waals surface area contributed by atoms with E-state index in [4.69, 9.17) is 4.74 Å². The summed E-state index contributed by atoms with van der Waals surface area (Å²) in [5, 5.41) is 0. The van der Waals surface area contributed by atoms with Crippen molar-refractivity contribution in [3.63, 3.8) is 0 Å². The van der Waals surface area contributed by atoms with Gasteiger partial charge in [-0.3, -0.25) is 0 Å². The molecule has 1 aromatic carbocycles. The van der Waals surface area contributed by atoms with Crippen molar-refractivity contribution in [3.8, 4) is 11.6 Å². The molecule has 2 rings (SSSR count). The Morgan fingerprint density at radius 2 is 1.93 bits per heavy atom. The first-order valence-corrected chi connectivity index (χ1v) is 4.29. The van der Waals surface area contributed by atoms with Crippen molar-refractivity contribution in [1.29, 1.82) is 0 Å². The molecule has 1 aromatic heterocycles. The van der Waals surface area contributed by atoms with Crippen LogP contribution < -0.4 is 4.74 Å². The number of benzene rings is 1. The van der Waals surface area contributed by atoms with Gasteiger partial charge in [0.25, 0.3) is 0 Å². The van der Waals surface area contributed by atoms with Crippen LogP contribution in [0, 0.1) is 13.3 Å². The average Bonchev–Trinajstić information content (AvgIpc) is 2.19. The third-order valence-electron chi connectivity index (χ3n) is 1.68. The molecule has 14 heavy (non-hydrogen) atoms. The highest BCUT2D eigenvalue weighted by molar-refractivity contribution is 5.26. The van der Waals surface area contributed by atoms with Crippen molar-refractivity contribution in [2.45, 2.75) is 6.92 Å². The molecule has 0 spiro atoms. The molecule has 2 aromatic rings. The second kappa shape index (κ2) is 3.87. The number of aromatic nitrogens is 2. The van der Waals surface area contributed by atoms with Crippen molar-refractivity contribution in [2.75, 3.05) is 0 Å². The normalized spacial score (nSPS) is 9.79. The number of aryl methyl sites for hydroxylation is 1. The van der Waals surface area contributed by atoms with Gasteiger partial charge in [-0.1, -0.05) is 18.2 Å². The number of nitrogens with zero attached hydrogens (tertiary/aromatic N) is 2. The van der Waals surface area contributed by atoms with E-state index in [0.29, 0.717) is 5.88 Å². The molecule has 0 aliphatic heterocycles. The van der Waals surface area contributed by atoms with E-state index < -0.39 is 0 Å². The van der Waals surface area contributed by atoms with Crippen molar-refractivity contribution in [2.24, 2.45) is 0 Å². The van der Waals surface area contributed by atoms with E-state index in [1.807, 2.05) is 37.3 Å². The average molecular weight is 185 g/mol. The quantitative estimate of drug-likeness (QED) is 0.720. The van der Waals surface area contributed by atoms with E-state index in [-0.39, 0.29) is 0 Å². The van der Waals surface area contributed by atoms with E-state index in [0.717, 1.165) is 11.4 Å². The maximum absolute atomic E-state index is 5.48. The highest BCUT2D eigenvalue weighted by Crippen LogP contribution is 2.17. The van der Waals surface area contributed by atoms with Crippen LogP contribution in [0.2, 0.25) is 0 Å². The Morgan fingerprint density at radius 1 is 1.14 bits per heavy atom. The lowest BCUT2D eigenvalue weighted by atomic mass is 10.3. The van der Waals surface area contributed by atoms with Gasteiger partial charge in [0.15, 0.2) is 0 Å². The van der Waals surface area contributed by atoms with Gasteiger partial charge in [0, 0.05) is 11.8 Å². The van der Waals surface area contributed by atoms with Crippen molar-refractivity contribution in [1.82, 2.24) is 9.97 Å². The molecule has 69 valence electrons. The minimum atomic E-state index is 0.517. The van der Waals surface area contributed by atoms with Crippen LogP contribution in [0.15, 0.2) is 36.4 Å². The zero-order valence-corrected chi connectivity index (χ0v) is 7.77. The van der Waals surface area contributed by atoms with Crippen LogP contribution in [-0.4, -0.2) is 9.97 Å². The second-order valence-electron chi connectivity index (χ2n) is 2.86. The first kappa shape index (κ1) is 8.69. The predicted molar refractivity (Wildman–Crippen MR) is 52.1 cm³/mol. The Balaban J connectivity index is 2.19. The molecule has 0 amide bonds. The molecule has 3 nitrogen and oxygen atoms in total. The van der Waals surface area contributed by atoms with Crippen LogP contribution in [0.5, 0.6) is 11.6 Å². The summed E-state index contributed by atoms with van der Waals surface area (Å²) in [5.41, 5.74) is 0.839. The fourth-order valence-electron chi connectivity index (χ4n) is 1.06. The Morgan fingerprint density at radius 3 is 2.64 bits per heavy atom. The van der Waals surface area contributed by atoms with Gasteiger partial charge >= 0.3 is 0 Å². The summed E-state index contributed by atoms with van der Waals surface area (Å²) in [7, 11) is 0. The largest absolute Gasteiger partial charge is 0.439 e. The minimum Gasteiger partial charge on any atom is -0.439 e. The maximum atomic E-state index is 5.48. The summed E-state index contributed by atoms with van der Waals surface area (Å²) in [6, 6.07) is 11.3. The molecule has 0 N–H and O–H groups in total. The molecule has 0 atom stereocenters. The Labute approximate surface area is 82.4 Å². The van der Waals surface area contributed by atoms with Crippen LogP contribution in [0.1, 0.15) is 5.69 Å². The van der Waals surface area contributed by atoms with Gasteiger partial charge < -0.3 is 4.74 Å². The topological polar surface area (TPSA) is 35.0 Å². The minimum absolute atomic E-state index is 0.517. The summed E-state index contributed by atoms with van der Waals surface area (Å²) < 4.78 is 5.48. The smallest absolute Gasteiger partial charge is 0.223 e. The molecular weight excluding hydrogens is 176 g/mol. The lowest BCUT2D eigenvalue weighted by Crippen LogP contribution is -1.90. The van der Waals surface area contributed by atoms with E-state index in [2.05, 4.69) is 16.3 Å². The zero-order valence-electron chi connectivity index (χ0n) is 7.77. The Bertz CT molecular complexity index is 415. The number of ether oxygens (including phenoxy) is 1. The van der Waals surface area contributed by atoms with Crippen LogP contribution in [0.4, 0.5) is 0 Å². The van der Waals surface area contributed by atoms with Gasteiger partial charge in [0.2, 0.25) is 12.2 Å². The SMILES string of the molecule is Cc1cc(Oc2ccccc2)n[c]n1. The lowest BCUT2D eigenvalue weighted by molar-refractivity contribution is 0.460. The van der Waals surface area contributed by atoms with Gasteiger partial charge in [-0.2, -0.15) is 4.98 Å². The molecule has 1 radical (unpaired) electrons. The lowest BCUT2D eigenvalue weighted by Gasteiger charge is -2.03. The van der Waals surface area contributed by atoms with E-state index in [1.54, 1.807) is 6.07 Å². The fourth-order valence-corrected chi connectivity index (χ4v) is 1.06. The standard InChI is InChI=1S/C11H9N2O/c1-9-7-11(13-8-12-9)14-10-5-3-2-4-6-10/h2-7H,1H3. The summed E-state index contributed by atoms with van der Waals surface area (Å²) >= 11 is 0. The van der Waals surface area contributed by atoms with Gasteiger partial charge in [0.1, 0.15) is 5.75 Å². The van der Waals surface area contributed by atoms with E-state index >= 15 is 0 Å². The molecule has 0 fully saturated rings. The van der Waals surface area contributed by atoms with Crippen LogP contribution in [0.25, 0.3) is 0 Å². The Kier molecular flexibility index (Phi) is 2.40. The van der Waals surface area contributed by atoms with E-state index in [9.17, 15) is 0 Å². The van der Waals surface area contributed by atoms with Crippen LogP contribution in [-0.2, 0) is 0 Å². The molecule has 0 bridgehead atoms. The zero-order chi connectivity index (χ0) is 9.80. The summed E-state index contributed by atoms with van der Waals surface area (Å²) in [6.45, 7) is 1.87. The molecule has 0 saturated carbocycles. The first-order chi connectivity index (χ1) is 6.84. The number of hydrogen-bond donors (Lipinski definition) is 0. The molecule has 3 heteroatoms. The third-order valence-corrected chi connectivity index (χ3v) is 1.68. The van der Waals surface area contributed by atoms with Crippen molar-refractivity contribution < 1.29 is 4.74 Å². The molecule has 0 unspecified atom stereocenters. The number of rotatable bonds is 2. The molecule has 0 aliphatic carbocycles. The van der Waals surface area contributed by atoms with Gasteiger partial charge in [-0.15, -0.1) is 0 Å². The second-order valence-corrected chi connectivity index (χ2v) is 2.86. The van der Waals surface area contributed by atoms with Gasteiger partial charge in [0.05, 0.1) is 0 Å². The molecule has 0 aliphatic rings. The predicted octanol–water partition coefficient (Wildman–Crippen LogP) is 2.38. The fraction of sp³-hybridized carbons (Fsp3) is 0.0909. The number of hydrogen-bond acceptors (Lipinski definition) is 3. The monoisotopic (exact) mass is 185 g/mol. The molecular formula is C11H9N2O. The van der Waals surface area contributed by atoms with Crippen LogP contribution >= 0.6 is 0 Å². The van der Waals surface area contributed by atoms with Crippen molar-refractivity contribution in [3.05, 3.63) is 48.4 Å². The Hall–Kier alpha value is -1.90. The molecule has 0 saturated heterocycles. The highest BCUT2D eigenvalue weighted by atomic mass is 16.5. The van der Waals surface area contributed by atoms with Gasteiger partial charge in [-0.05, 0) is 19.1 Å². The van der Waals surface area contributed by atoms with Crippen LogP contribution in [0.3, 0.4) is 0 Å². The van der Waals surface area contributed by atoms with Gasteiger partial charge in [-0.25, -0.2) is 4.98 Å². The highest BCUT2D eigenvalue weighted by Gasteiger charge is 1.97. The summed E-state index contributed by atoms with van der Waals surface area (Å²) in [4.78, 5) is 7.74. The number of para-hydroxylation sites is 1. The first-order valence-electron chi connectivity index (χ1n) is 4.29. The van der Waals surface area contributed by atoms with Crippen molar-refractivity contribution >= 4 is 0 Å².